The fourth-order valence-electron chi connectivity index (χ4n) is 3.45. The van der Waals surface area contributed by atoms with Crippen molar-refractivity contribution in [1.29, 1.82) is 0 Å². The number of rotatable bonds is 1. The van der Waals surface area contributed by atoms with E-state index in [1.165, 1.54) is 44.9 Å². The van der Waals surface area contributed by atoms with Crippen LogP contribution in [0.5, 0.6) is 5.75 Å². The minimum Gasteiger partial charge on any atom is -0.488 e. The number of hydrogen-bond acceptors (Lipinski definition) is 2. The van der Waals surface area contributed by atoms with Crippen molar-refractivity contribution in [2.45, 2.75) is 90.6 Å². The van der Waals surface area contributed by atoms with E-state index in [9.17, 15) is 4.79 Å². The molecule has 1 heterocycles. The Labute approximate surface area is 153 Å². The van der Waals surface area contributed by atoms with E-state index in [0.29, 0.717) is 12.3 Å². The van der Waals surface area contributed by atoms with Gasteiger partial charge in [-0.15, -0.1) is 0 Å². The summed E-state index contributed by atoms with van der Waals surface area (Å²) < 4.78 is 6.32. The van der Waals surface area contributed by atoms with Crippen molar-refractivity contribution in [3.05, 3.63) is 24.3 Å². The summed E-state index contributed by atoms with van der Waals surface area (Å²) in [6.07, 6.45) is 13.1. The van der Waals surface area contributed by atoms with Crippen molar-refractivity contribution in [3.63, 3.8) is 0 Å². The lowest BCUT2D eigenvalue weighted by molar-refractivity contribution is -0.116. The third kappa shape index (κ3) is 7.50. The number of carbonyl (C=O) groups excluding carboxylic acids is 1. The molecule has 1 aliphatic heterocycles. The Morgan fingerprint density at radius 1 is 0.920 bits per heavy atom. The first-order valence-corrected chi connectivity index (χ1v) is 10.2. The predicted molar refractivity (Wildman–Crippen MR) is 105 cm³/mol. The van der Waals surface area contributed by atoms with Gasteiger partial charge in [0.25, 0.3) is 0 Å². The standard InChI is InChI=1S/C22H35NO2/c1-18(2)20-15-10-8-6-4-3-5-7-9-11-17-22(24)23-19-14-12-13-16-21(19)25-20/h12-14,16,18,20H,3-11,15,17H2,1-2H3,(H,23,24). The summed E-state index contributed by atoms with van der Waals surface area (Å²) in [4.78, 5) is 12.2. The Balaban J connectivity index is 2.06. The van der Waals surface area contributed by atoms with Crippen LogP contribution in [0, 0.1) is 5.92 Å². The largest absolute Gasteiger partial charge is 0.488 e. The number of hydrogen-bond donors (Lipinski definition) is 1. The van der Waals surface area contributed by atoms with E-state index in [1.807, 2.05) is 24.3 Å². The molecule has 0 bridgehead atoms. The molecule has 3 nitrogen and oxygen atoms in total. The first-order valence-electron chi connectivity index (χ1n) is 10.2. The highest BCUT2D eigenvalue weighted by atomic mass is 16.5. The molecule has 0 saturated carbocycles. The van der Waals surface area contributed by atoms with Gasteiger partial charge in [0, 0.05) is 6.42 Å². The third-order valence-corrected chi connectivity index (χ3v) is 5.08. The Hall–Kier alpha value is -1.51. The molecule has 1 unspecified atom stereocenters. The molecule has 1 aromatic rings. The normalized spacial score (nSPS) is 21.7. The summed E-state index contributed by atoms with van der Waals surface area (Å²) in [5.41, 5.74) is 0.808. The van der Waals surface area contributed by atoms with Crippen LogP contribution in [0.1, 0.15) is 84.5 Å². The van der Waals surface area contributed by atoms with Crippen LogP contribution < -0.4 is 10.1 Å². The van der Waals surface area contributed by atoms with E-state index in [-0.39, 0.29) is 12.0 Å². The highest BCUT2D eigenvalue weighted by molar-refractivity contribution is 5.92. The van der Waals surface area contributed by atoms with Gasteiger partial charge in [-0.3, -0.25) is 4.79 Å². The Bertz CT molecular complexity index is 513. The molecular weight excluding hydrogens is 310 g/mol. The number of anilines is 1. The molecule has 3 heteroatoms. The van der Waals surface area contributed by atoms with Crippen LogP contribution in [0.3, 0.4) is 0 Å². The lowest BCUT2D eigenvalue weighted by atomic mass is 9.99. The molecule has 140 valence electrons. The molecule has 1 aliphatic rings. The van der Waals surface area contributed by atoms with Gasteiger partial charge >= 0.3 is 0 Å². The summed E-state index contributed by atoms with van der Waals surface area (Å²) in [6.45, 7) is 4.43. The van der Waals surface area contributed by atoms with Crippen LogP contribution in [0.15, 0.2) is 24.3 Å². The maximum Gasteiger partial charge on any atom is 0.224 e. The van der Waals surface area contributed by atoms with Crippen molar-refractivity contribution in [1.82, 2.24) is 0 Å². The predicted octanol–water partition coefficient (Wildman–Crippen LogP) is 6.33. The van der Waals surface area contributed by atoms with Gasteiger partial charge in [-0.2, -0.15) is 0 Å². The van der Waals surface area contributed by atoms with E-state index in [2.05, 4.69) is 19.2 Å². The van der Waals surface area contributed by atoms with Crippen LogP contribution >= 0.6 is 0 Å². The van der Waals surface area contributed by atoms with Crippen LogP contribution in [-0.2, 0) is 4.79 Å². The first kappa shape index (κ1) is 19.8. The maximum atomic E-state index is 12.2. The zero-order valence-corrected chi connectivity index (χ0v) is 16.1. The summed E-state index contributed by atoms with van der Waals surface area (Å²) in [7, 11) is 0. The molecule has 1 aromatic carbocycles. The quantitative estimate of drug-likeness (QED) is 0.645. The van der Waals surface area contributed by atoms with Crippen molar-refractivity contribution in [2.24, 2.45) is 5.92 Å². The molecule has 0 fully saturated rings. The second-order valence-electron chi connectivity index (χ2n) is 7.67. The lowest BCUT2D eigenvalue weighted by Gasteiger charge is -2.24. The van der Waals surface area contributed by atoms with Gasteiger partial charge in [0.05, 0.1) is 5.69 Å². The monoisotopic (exact) mass is 345 g/mol. The average Bonchev–Trinajstić information content (AvgIpc) is 2.59. The number of nitrogens with one attached hydrogen (secondary N) is 1. The molecule has 0 aromatic heterocycles. The molecule has 0 saturated heterocycles. The lowest BCUT2D eigenvalue weighted by Crippen LogP contribution is -2.24. The molecule has 0 radical (unpaired) electrons. The van der Waals surface area contributed by atoms with Gasteiger partial charge in [-0.05, 0) is 37.3 Å². The van der Waals surface area contributed by atoms with E-state index in [0.717, 1.165) is 30.7 Å². The van der Waals surface area contributed by atoms with Gasteiger partial charge in [0.15, 0.2) is 0 Å². The summed E-state index contributed by atoms with van der Waals surface area (Å²) in [6, 6.07) is 7.85. The fourth-order valence-corrected chi connectivity index (χ4v) is 3.45. The second-order valence-corrected chi connectivity index (χ2v) is 7.67. The van der Waals surface area contributed by atoms with E-state index in [4.69, 9.17) is 4.74 Å². The average molecular weight is 346 g/mol. The van der Waals surface area contributed by atoms with Crippen molar-refractivity contribution in [2.75, 3.05) is 5.32 Å². The number of benzene rings is 1. The number of ether oxygens (including phenoxy) is 1. The fraction of sp³-hybridized carbons (Fsp3) is 0.682. The number of fused-ring (bicyclic) bond motifs is 1. The van der Waals surface area contributed by atoms with Gasteiger partial charge < -0.3 is 10.1 Å². The van der Waals surface area contributed by atoms with Crippen LogP contribution in [0.2, 0.25) is 0 Å². The van der Waals surface area contributed by atoms with Crippen LogP contribution in [0.4, 0.5) is 5.69 Å². The number of amides is 1. The summed E-state index contributed by atoms with van der Waals surface area (Å²) in [5.74, 6) is 1.37. The SMILES string of the molecule is CC(C)C1CCCCCCCCCCCC(=O)Nc2ccccc2O1. The van der Waals surface area contributed by atoms with Crippen molar-refractivity contribution < 1.29 is 9.53 Å². The second kappa shape index (κ2) is 11.2. The Morgan fingerprint density at radius 3 is 2.20 bits per heavy atom. The van der Waals surface area contributed by atoms with Crippen molar-refractivity contribution in [3.8, 4) is 5.75 Å². The Kier molecular flexibility index (Phi) is 8.85. The first-order chi connectivity index (χ1) is 12.2. The minimum absolute atomic E-state index is 0.0986. The Morgan fingerprint density at radius 2 is 1.52 bits per heavy atom. The molecule has 25 heavy (non-hydrogen) atoms. The van der Waals surface area contributed by atoms with Gasteiger partial charge in [-0.25, -0.2) is 0 Å². The number of carbonyl (C=O) groups is 1. The zero-order chi connectivity index (χ0) is 17.9. The summed E-state index contributed by atoms with van der Waals surface area (Å²) >= 11 is 0. The summed E-state index contributed by atoms with van der Waals surface area (Å²) in [5, 5.41) is 3.05. The van der Waals surface area contributed by atoms with E-state index < -0.39 is 0 Å². The molecule has 2 rings (SSSR count). The van der Waals surface area contributed by atoms with Crippen LogP contribution in [-0.4, -0.2) is 12.0 Å². The highest BCUT2D eigenvalue weighted by Gasteiger charge is 2.17. The molecule has 1 atom stereocenters. The third-order valence-electron chi connectivity index (χ3n) is 5.08. The minimum atomic E-state index is 0.0986. The molecule has 1 N–H and O–H groups in total. The molecule has 0 spiro atoms. The van der Waals surface area contributed by atoms with Gasteiger partial charge in [0.1, 0.15) is 11.9 Å². The highest BCUT2D eigenvalue weighted by Crippen LogP contribution is 2.28. The van der Waals surface area contributed by atoms with E-state index in [1.54, 1.807) is 0 Å². The molecule has 0 aliphatic carbocycles. The zero-order valence-electron chi connectivity index (χ0n) is 16.1. The van der Waals surface area contributed by atoms with E-state index >= 15 is 0 Å². The van der Waals surface area contributed by atoms with Gasteiger partial charge in [-0.1, -0.05) is 70.9 Å². The topological polar surface area (TPSA) is 38.3 Å². The number of para-hydroxylation sites is 2. The van der Waals surface area contributed by atoms with Gasteiger partial charge in [0.2, 0.25) is 5.91 Å². The molecule has 1 amide bonds. The maximum absolute atomic E-state index is 12.2. The smallest absolute Gasteiger partial charge is 0.224 e. The van der Waals surface area contributed by atoms with Crippen molar-refractivity contribution >= 4 is 11.6 Å². The van der Waals surface area contributed by atoms with Crippen LogP contribution in [0.25, 0.3) is 0 Å². The molecular formula is C22H35NO2.